The summed E-state index contributed by atoms with van der Waals surface area (Å²) >= 11 is 0. The van der Waals surface area contributed by atoms with Crippen molar-refractivity contribution in [2.45, 2.75) is 58.4 Å². The van der Waals surface area contributed by atoms with Gasteiger partial charge < -0.3 is 15.7 Å². The Morgan fingerprint density at radius 2 is 2.19 bits per heavy atom. The highest BCUT2D eigenvalue weighted by molar-refractivity contribution is 5.85. The van der Waals surface area contributed by atoms with E-state index in [4.69, 9.17) is 5.11 Å². The van der Waals surface area contributed by atoms with Crippen LogP contribution in [0.4, 0.5) is 0 Å². The van der Waals surface area contributed by atoms with Crippen LogP contribution in [0.25, 0.3) is 0 Å². The molecule has 2 aliphatic rings. The summed E-state index contributed by atoms with van der Waals surface area (Å²) in [5.74, 6) is 0.908. The summed E-state index contributed by atoms with van der Waals surface area (Å²) in [6.45, 7) is 6.36. The average Bonchev–Trinajstić information content (AvgIpc) is 2.37. The van der Waals surface area contributed by atoms with Gasteiger partial charge in [0, 0.05) is 25.1 Å². The highest BCUT2D eigenvalue weighted by atomic mass is 35.5. The molecule has 2 fully saturated rings. The topological polar surface area (TPSA) is 61.4 Å². The van der Waals surface area contributed by atoms with E-state index in [1.807, 2.05) is 0 Å². The van der Waals surface area contributed by atoms with Gasteiger partial charge >= 0.3 is 0 Å². The number of halogens is 1. The average molecular weight is 319 g/mol. The van der Waals surface area contributed by atoms with E-state index in [1.54, 1.807) is 0 Å². The molecule has 1 saturated heterocycles. The van der Waals surface area contributed by atoms with Crippen LogP contribution >= 0.6 is 12.4 Å². The van der Waals surface area contributed by atoms with Gasteiger partial charge in [-0.1, -0.05) is 13.3 Å². The third-order valence-electron chi connectivity index (χ3n) is 5.57. The van der Waals surface area contributed by atoms with Gasteiger partial charge in [0.15, 0.2) is 0 Å². The zero-order valence-corrected chi connectivity index (χ0v) is 14.2. The Hall–Kier alpha value is -0.320. The number of aliphatic hydroxyl groups is 1. The predicted molar refractivity (Wildman–Crippen MR) is 87.6 cm³/mol. The van der Waals surface area contributed by atoms with Gasteiger partial charge in [0.25, 0.3) is 0 Å². The number of carbonyl (C=O) groups is 1. The van der Waals surface area contributed by atoms with Crippen molar-refractivity contribution >= 4 is 18.3 Å². The lowest BCUT2D eigenvalue weighted by molar-refractivity contribution is -0.127. The van der Waals surface area contributed by atoms with Crippen LogP contribution in [0.3, 0.4) is 0 Å². The first-order chi connectivity index (χ1) is 9.57. The molecule has 0 bridgehead atoms. The lowest BCUT2D eigenvalue weighted by Crippen LogP contribution is -2.49. The highest BCUT2D eigenvalue weighted by Gasteiger charge is 2.41. The van der Waals surface area contributed by atoms with Crippen molar-refractivity contribution in [3.05, 3.63) is 0 Å². The van der Waals surface area contributed by atoms with Crippen LogP contribution in [-0.4, -0.2) is 36.8 Å². The molecule has 21 heavy (non-hydrogen) atoms. The molecule has 1 aliphatic carbocycles. The summed E-state index contributed by atoms with van der Waals surface area (Å²) < 4.78 is 0. The van der Waals surface area contributed by atoms with Crippen LogP contribution in [0.5, 0.6) is 0 Å². The number of amides is 1. The zero-order chi connectivity index (χ0) is 14.6. The largest absolute Gasteiger partial charge is 0.396 e. The van der Waals surface area contributed by atoms with Gasteiger partial charge in [-0.2, -0.15) is 0 Å². The summed E-state index contributed by atoms with van der Waals surface area (Å²) in [5, 5.41) is 15.7. The van der Waals surface area contributed by atoms with Crippen LogP contribution in [0.1, 0.15) is 52.4 Å². The predicted octanol–water partition coefficient (Wildman–Crippen LogP) is 2.10. The molecule has 1 amide bonds. The molecule has 1 heterocycles. The quantitative estimate of drug-likeness (QED) is 0.703. The van der Waals surface area contributed by atoms with Gasteiger partial charge in [0.1, 0.15) is 0 Å². The lowest BCUT2D eigenvalue weighted by atomic mass is 9.60. The van der Waals surface area contributed by atoms with E-state index in [-0.39, 0.29) is 36.3 Å². The normalized spacial score (nSPS) is 28.9. The van der Waals surface area contributed by atoms with Gasteiger partial charge in [-0.3, -0.25) is 4.79 Å². The lowest BCUT2D eigenvalue weighted by Gasteiger charge is -2.47. The van der Waals surface area contributed by atoms with Crippen LogP contribution in [0.2, 0.25) is 0 Å². The maximum Gasteiger partial charge on any atom is 0.223 e. The Bertz CT molecular complexity index is 334. The van der Waals surface area contributed by atoms with Crippen LogP contribution < -0.4 is 10.6 Å². The molecule has 1 saturated carbocycles. The standard InChI is InChI=1S/C16H30N2O2.ClH/c1-12(5-9-19)16(6-3-7-16)11-18-15(20)14-4-8-17-13(2)10-14;/h12-14,17,19H,3-11H2,1-2H3,(H,18,20);1H/t12?,13-,14-;/m0./s1. The Morgan fingerprint density at radius 3 is 2.71 bits per heavy atom. The van der Waals surface area contributed by atoms with E-state index in [2.05, 4.69) is 24.5 Å². The zero-order valence-electron chi connectivity index (χ0n) is 13.4. The third kappa shape index (κ3) is 4.57. The summed E-state index contributed by atoms with van der Waals surface area (Å²) in [7, 11) is 0. The summed E-state index contributed by atoms with van der Waals surface area (Å²) in [6, 6.07) is 0.450. The van der Waals surface area contributed by atoms with Crippen molar-refractivity contribution in [3.63, 3.8) is 0 Å². The Morgan fingerprint density at radius 1 is 1.48 bits per heavy atom. The van der Waals surface area contributed by atoms with Gasteiger partial charge in [0.2, 0.25) is 5.91 Å². The summed E-state index contributed by atoms with van der Waals surface area (Å²) in [4.78, 5) is 12.3. The molecule has 0 aromatic carbocycles. The van der Waals surface area contributed by atoms with Crippen molar-refractivity contribution < 1.29 is 9.90 Å². The number of rotatable bonds is 6. The second-order valence-corrected chi connectivity index (χ2v) is 6.92. The van der Waals surface area contributed by atoms with E-state index < -0.39 is 0 Å². The van der Waals surface area contributed by atoms with Gasteiger partial charge in [-0.15, -0.1) is 12.4 Å². The summed E-state index contributed by atoms with van der Waals surface area (Å²) in [5.41, 5.74) is 0.247. The van der Waals surface area contributed by atoms with Crippen LogP contribution in [0, 0.1) is 17.3 Å². The van der Waals surface area contributed by atoms with Gasteiger partial charge in [0.05, 0.1) is 0 Å². The number of piperidine rings is 1. The van der Waals surface area contributed by atoms with Crippen molar-refractivity contribution in [3.8, 4) is 0 Å². The third-order valence-corrected chi connectivity index (χ3v) is 5.57. The maximum atomic E-state index is 12.3. The SMILES string of the molecule is CC(CCO)C1(CNC(=O)[C@H]2CCN[C@@H](C)C2)CCC1.Cl. The molecule has 0 spiro atoms. The Kier molecular flexibility index (Phi) is 7.45. The van der Waals surface area contributed by atoms with Crippen molar-refractivity contribution in [1.82, 2.24) is 10.6 Å². The molecular weight excluding hydrogens is 288 g/mol. The first kappa shape index (κ1) is 18.7. The molecule has 3 atom stereocenters. The fraction of sp³-hybridized carbons (Fsp3) is 0.938. The molecule has 5 heteroatoms. The Labute approximate surface area is 134 Å². The fourth-order valence-electron chi connectivity index (χ4n) is 3.75. The monoisotopic (exact) mass is 318 g/mol. The molecule has 1 unspecified atom stereocenters. The van der Waals surface area contributed by atoms with Crippen molar-refractivity contribution in [1.29, 1.82) is 0 Å². The van der Waals surface area contributed by atoms with E-state index in [0.717, 1.165) is 32.4 Å². The fourth-order valence-corrected chi connectivity index (χ4v) is 3.75. The maximum absolute atomic E-state index is 12.3. The number of aliphatic hydroxyl groups excluding tert-OH is 1. The molecule has 2 rings (SSSR count). The molecule has 4 nitrogen and oxygen atoms in total. The number of nitrogens with one attached hydrogen (secondary N) is 2. The highest BCUT2D eigenvalue weighted by Crippen LogP contribution is 2.47. The molecule has 0 aromatic rings. The second kappa shape index (κ2) is 8.35. The van der Waals surface area contributed by atoms with E-state index in [9.17, 15) is 4.79 Å². The Balaban J connectivity index is 0.00000220. The minimum absolute atomic E-state index is 0. The number of hydrogen-bond acceptors (Lipinski definition) is 3. The second-order valence-electron chi connectivity index (χ2n) is 6.92. The minimum atomic E-state index is 0. The minimum Gasteiger partial charge on any atom is -0.396 e. The number of carbonyl (C=O) groups excluding carboxylic acids is 1. The van der Waals surface area contributed by atoms with Crippen molar-refractivity contribution in [2.75, 3.05) is 19.7 Å². The molecule has 3 N–H and O–H groups in total. The van der Waals surface area contributed by atoms with E-state index in [0.29, 0.717) is 12.0 Å². The molecule has 0 aromatic heterocycles. The first-order valence-electron chi connectivity index (χ1n) is 8.19. The number of hydrogen-bond donors (Lipinski definition) is 3. The van der Waals surface area contributed by atoms with Crippen LogP contribution in [0.15, 0.2) is 0 Å². The first-order valence-corrected chi connectivity index (χ1v) is 8.19. The molecule has 0 radical (unpaired) electrons. The van der Waals surface area contributed by atoms with Crippen molar-refractivity contribution in [2.24, 2.45) is 17.3 Å². The molecule has 124 valence electrons. The van der Waals surface area contributed by atoms with Crippen LogP contribution in [-0.2, 0) is 4.79 Å². The van der Waals surface area contributed by atoms with Gasteiger partial charge in [-0.25, -0.2) is 0 Å². The summed E-state index contributed by atoms with van der Waals surface area (Å²) in [6.07, 6.45) is 6.39. The van der Waals surface area contributed by atoms with E-state index >= 15 is 0 Å². The molecule has 1 aliphatic heterocycles. The van der Waals surface area contributed by atoms with E-state index in [1.165, 1.54) is 19.3 Å². The smallest absolute Gasteiger partial charge is 0.223 e. The van der Waals surface area contributed by atoms with Gasteiger partial charge in [-0.05, 0) is 56.9 Å². The molecular formula is C16H31ClN2O2.